The Morgan fingerprint density at radius 1 is 1.41 bits per heavy atom. The van der Waals surface area contributed by atoms with Gasteiger partial charge in [-0.25, -0.2) is 18.1 Å². The van der Waals surface area contributed by atoms with Crippen LogP contribution in [-0.2, 0) is 16.4 Å². The number of aromatic nitrogens is 1. The molecule has 1 heterocycles. The summed E-state index contributed by atoms with van der Waals surface area (Å²) in [6.07, 6.45) is 1.29. The van der Waals surface area contributed by atoms with Crippen molar-refractivity contribution in [2.75, 3.05) is 25.4 Å². The van der Waals surface area contributed by atoms with Gasteiger partial charge in [0.25, 0.3) is 0 Å². The third-order valence-electron chi connectivity index (χ3n) is 2.20. The fourth-order valence-electron chi connectivity index (χ4n) is 1.33. The summed E-state index contributed by atoms with van der Waals surface area (Å²) in [6, 6.07) is 0. The van der Waals surface area contributed by atoms with Crippen LogP contribution in [0.2, 0.25) is 0 Å². The average molecular weight is 277 g/mol. The average Bonchev–Trinajstić information content (AvgIpc) is 2.77. The van der Waals surface area contributed by atoms with Crippen molar-refractivity contribution in [2.24, 2.45) is 0 Å². The minimum Gasteiger partial charge on any atom is -0.317 e. The summed E-state index contributed by atoms with van der Waals surface area (Å²) in [5.41, 5.74) is 2.69. The fraction of sp³-hybridized carbons (Fsp3) is 0.700. The minimum atomic E-state index is -3.13. The maximum Gasteiger partial charge on any atom is 0.211 e. The molecule has 0 saturated carbocycles. The first-order chi connectivity index (χ1) is 8.14. The summed E-state index contributed by atoms with van der Waals surface area (Å²) >= 11 is 1.52. The molecule has 0 aliphatic rings. The van der Waals surface area contributed by atoms with E-state index in [0.717, 1.165) is 18.8 Å². The van der Waals surface area contributed by atoms with Gasteiger partial charge < -0.3 is 5.32 Å². The second-order valence-electron chi connectivity index (χ2n) is 3.65. The first-order valence-electron chi connectivity index (χ1n) is 5.69. The highest BCUT2D eigenvalue weighted by Crippen LogP contribution is 2.01. The number of nitrogens with zero attached hydrogens (tertiary/aromatic N) is 1. The Hall–Kier alpha value is -0.500. The van der Waals surface area contributed by atoms with Crippen LogP contribution in [0.3, 0.4) is 0 Å². The van der Waals surface area contributed by atoms with Gasteiger partial charge in [-0.3, -0.25) is 0 Å². The Morgan fingerprint density at radius 2 is 2.24 bits per heavy atom. The summed E-state index contributed by atoms with van der Waals surface area (Å²) < 4.78 is 25.7. The van der Waals surface area contributed by atoms with Gasteiger partial charge in [0.05, 0.1) is 17.0 Å². The molecule has 1 aromatic rings. The van der Waals surface area contributed by atoms with Gasteiger partial charge in [0.1, 0.15) is 0 Å². The Labute approximate surface area is 107 Å². The maximum absolute atomic E-state index is 11.6. The second kappa shape index (κ2) is 7.75. The Kier molecular flexibility index (Phi) is 6.64. The predicted molar refractivity (Wildman–Crippen MR) is 70.8 cm³/mol. The van der Waals surface area contributed by atoms with Crippen molar-refractivity contribution in [2.45, 2.75) is 19.8 Å². The highest BCUT2D eigenvalue weighted by molar-refractivity contribution is 7.89. The molecular weight excluding hydrogens is 258 g/mol. The van der Waals surface area contributed by atoms with Crippen LogP contribution >= 0.6 is 11.3 Å². The smallest absolute Gasteiger partial charge is 0.211 e. The van der Waals surface area contributed by atoms with E-state index in [4.69, 9.17) is 0 Å². The third kappa shape index (κ3) is 6.72. The van der Waals surface area contributed by atoms with E-state index in [0.29, 0.717) is 19.4 Å². The molecule has 0 aliphatic carbocycles. The van der Waals surface area contributed by atoms with Crippen LogP contribution in [0.25, 0.3) is 0 Å². The molecule has 2 N–H and O–H groups in total. The number of hydrogen-bond donors (Lipinski definition) is 2. The zero-order valence-corrected chi connectivity index (χ0v) is 11.6. The van der Waals surface area contributed by atoms with Crippen molar-refractivity contribution < 1.29 is 8.42 Å². The zero-order valence-electron chi connectivity index (χ0n) is 9.98. The second-order valence-corrected chi connectivity index (χ2v) is 6.30. The molecule has 0 spiro atoms. The van der Waals surface area contributed by atoms with E-state index in [2.05, 4.69) is 15.0 Å². The van der Waals surface area contributed by atoms with Gasteiger partial charge in [0.15, 0.2) is 0 Å². The molecular formula is C10H19N3O2S2. The Morgan fingerprint density at radius 3 is 2.88 bits per heavy atom. The molecule has 98 valence electrons. The van der Waals surface area contributed by atoms with Crippen LogP contribution in [0.4, 0.5) is 0 Å². The summed E-state index contributed by atoms with van der Waals surface area (Å²) in [5, 5.41) is 5.03. The van der Waals surface area contributed by atoms with Gasteiger partial charge in [-0.2, -0.15) is 0 Å². The molecule has 0 aliphatic heterocycles. The van der Waals surface area contributed by atoms with E-state index in [9.17, 15) is 8.42 Å². The number of sulfonamides is 1. The molecule has 0 saturated heterocycles. The molecule has 1 aromatic heterocycles. The number of thiazole rings is 1. The Balaban J connectivity index is 2.16. The molecule has 0 amide bonds. The predicted octanol–water partition coefficient (Wildman–Crippen LogP) is 0.605. The highest BCUT2D eigenvalue weighted by Gasteiger charge is 2.08. The molecule has 0 radical (unpaired) electrons. The van der Waals surface area contributed by atoms with Crippen molar-refractivity contribution in [3.63, 3.8) is 0 Å². The molecule has 0 unspecified atom stereocenters. The monoisotopic (exact) mass is 277 g/mol. The van der Waals surface area contributed by atoms with Crippen molar-refractivity contribution in [3.05, 3.63) is 16.6 Å². The van der Waals surface area contributed by atoms with Crippen LogP contribution in [0, 0.1) is 0 Å². The van der Waals surface area contributed by atoms with Gasteiger partial charge in [0, 0.05) is 18.3 Å². The van der Waals surface area contributed by atoms with E-state index in [1.165, 1.54) is 11.3 Å². The summed E-state index contributed by atoms with van der Waals surface area (Å²) in [7, 11) is -3.13. The minimum absolute atomic E-state index is 0.178. The largest absolute Gasteiger partial charge is 0.317 e. The lowest BCUT2D eigenvalue weighted by Gasteiger charge is -2.06. The van der Waals surface area contributed by atoms with E-state index in [-0.39, 0.29) is 5.75 Å². The van der Waals surface area contributed by atoms with Crippen molar-refractivity contribution >= 4 is 21.4 Å². The standard InChI is InChI=1S/C10H19N3O2S2/c1-2-11-5-3-7-17(14,15)13-6-4-10-8-16-9-12-10/h8-9,11,13H,2-7H2,1H3. The van der Waals surface area contributed by atoms with Crippen LogP contribution in [0.5, 0.6) is 0 Å². The van der Waals surface area contributed by atoms with Gasteiger partial charge >= 0.3 is 0 Å². The fourth-order valence-corrected chi connectivity index (χ4v) is 3.01. The maximum atomic E-state index is 11.6. The number of rotatable bonds is 9. The molecule has 1 rings (SSSR count). The third-order valence-corrected chi connectivity index (χ3v) is 4.31. The lowest BCUT2D eigenvalue weighted by Crippen LogP contribution is -2.30. The molecule has 0 fully saturated rings. The number of nitrogens with one attached hydrogen (secondary N) is 2. The van der Waals surface area contributed by atoms with E-state index >= 15 is 0 Å². The van der Waals surface area contributed by atoms with Gasteiger partial charge in [-0.15, -0.1) is 11.3 Å². The molecule has 0 atom stereocenters. The van der Waals surface area contributed by atoms with E-state index in [1.807, 2.05) is 12.3 Å². The highest BCUT2D eigenvalue weighted by atomic mass is 32.2. The Bertz CT molecular complexity index is 390. The van der Waals surface area contributed by atoms with Crippen molar-refractivity contribution in [1.82, 2.24) is 15.0 Å². The van der Waals surface area contributed by atoms with E-state index < -0.39 is 10.0 Å². The quantitative estimate of drug-likeness (QED) is 0.649. The summed E-state index contributed by atoms with van der Waals surface area (Å²) in [4.78, 5) is 4.10. The van der Waals surface area contributed by atoms with Gasteiger partial charge in [-0.1, -0.05) is 6.92 Å². The molecule has 0 aromatic carbocycles. The first kappa shape index (κ1) is 14.6. The van der Waals surface area contributed by atoms with Gasteiger partial charge in [-0.05, 0) is 19.5 Å². The van der Waals surface area contributed by atoms with Crippen molar-refractivity contribution in [1.29, 1.82) is 0 Å². The molecule has 17 heavy (non-hydrogen) atoms. The molecule has 5 nitrogen and oxygen atoms in total. The molecule has 0 bridgehead atoms. The first-order valence-corrected chi connectivity index (χ1v) is 8.28. The zero-order chi connectivity index (χ0) is 12.6. The summed E-state index contributed by atoms with van der Waals surface area (Å²) in [5.74, 6) is 0.178. The summed E-state index contributed by atoms with van der Waals surface area (Å²) in [6.45, 7) is 4.04. The normalized spacial score (nSPS) is 11.8. The topological polar surface area (TPSA) is 71.1 Å². The molecule has 7 heteroatoms. The van der Waals surface area contributed by atoms with Crippen molar-refractivity contribution in [3.8, 4) is 0 Å². The number of hydrogen-bond acceptors (Lipinski definition) is 5. The SMILES string of the molecule is CCNCCCS(=O)(=O)NCCc1cscn1. The van der Waals surface area contributed by atoms with Gasteiger partial charge in [0.2, 0.25) is 10.0 Å². The van der Waals surface area contributed by atoms with Crippen LogP contribution in [0.1, 0.15) is 19.0 Å². The lowest BCUT2D eigenvalue weighted by molar-refractivity contribution is 0.575. The van der Waals surface area contributed by atoms with Crippen LogP contribution < -0.4 is 10.0 Å². The van der Waals surface area contributed by atoms with E-state index in [1.54, 1.807) is 5.51 Å². The van der Waals surface area contributed by atoms with Crippen LogP contribution in [0.15, 0.2) is 10.9 Å². The lowest BCUT2D eigenvalue weighted by atomic mass is 10.3. The van der Waals surface area contributed by atoms with Crippen LogP contribution in [-0.4, -0.2) is 38.8 Å².